The van der Waals surface area contributed by atoms with Crippen LogP contribution in [-0.4, -0.2) is 42.4 Å². The topological polar surface area (TPSA) is 79.5 Å². The second kappa shape index (κ2) is 6.24. The molecule has 0 unspecified atom stereocenters. The minimum atomic E-state index is 0.0698. The van der Waals surface area contributed by atoms with Gasteiger partial charge in [0.15, 0.2) is 0 Å². The van der Waals surface area contributed by atoms with Gasteiger partial charge in [0.05, 0.1) is 30.7 Å². The van der Waals surface area contributed by atoms with Crippen LogP contribution in [0, 0.1) is 0 Å². The Balaban J connectivity index is 1.74. The quantitative estimate of drug-likeness (QED) is 0.919. The summed E-state index contributed by atoms with van der Waals surface area (Å²) < 4.78 is 16.7. The largest absolute Gasteiger partial charge is 0.497 e. The number of methoxy groups -OCH3 is 1. The van der Waals surface area contributed by atoms with E-state index in [1.807, 2.05) is 18.2 Å². The van der Waals surface area contributed by atoms with Crippen molar-refractivity contribution >= 4 is 10.9 Å². The van der Waals surface area contributed by atoms with Crippen LogP contribution in [0.15, 0.2) is 24.5 Å². The van der Waals surface area contributed by atoms with Gasteiger partial charge < -0.3 is 19.9 Å². The molecule has 2 N–H and O–H groups in total. The van der Waals surface area contributed by atoms with Crippen LogP contribution in [0.3, 0.4) is 0 Å². The van der Waals surface area contributed by atoms with Crippen LogP contribution in [0.1, 0.15) is 12.8 Å². The third-order valence-corrected chi connectivity index (χ3v) is 3.62. The van der Waals surface area contributed by atoms with Crippen molar-refractivity contribution in [2.75, 3.05) is 20.3 Å². The van der Waals surface area contributed by atoms with Crippen LogP contribution in [-0.2, 0) is 4.74 Å². The number of aromatic nitrogens is 2. The lowest BCUT2D eigenvalue weighted by molar-refractivity contribution is -0.0202. The molecule has 1 aliphatic heterocycles. The van der Waals surface area contributed by atoms with Gasteiger partial charge in [0.1, 0.15) is 18.7 Å². The summed E-state index contributed by atoms with van der Waals surface area (Å²) in [5.41, 5.74) is 6.64. The van der Waals surface area contributed by atoms with Gasteiger partial charge in [0, 0.05) is 6.04 Å². The van der Waals surface area contributed by atoms with Crippen molar-refractivity contribution < 1.29 is 14.2 Å². The van der Waals surface area contributed by atoms with E-state index in [2.05, 4.69) is 9.97 Å². The maximum Gasteiger partial charge on any atom is 0.224 e. The normalized spacial score (nSPS) is 22.2. The molecule has 2 atom stereocenters. The number of benzene rings is 1. The van der Waals surface area contributed by atoms with Gasteiger partial charge in [-0.1, -0.05) is 0 Å². The van der Waals surface area contributed by atoms with Gasteiger partial charge in [0.25, 0.3) is 0 Å². The summed E-state index contributed by atoms with van der Waals surface area (Å²) in [4.78, 5) is 8.44. The molecule has 6 heteroatoms. The van der Waals surface area contributed by atoms with Gasteiger partial charge >= 0.3 is 0 Å². The molecule has 1 aromatic carbocycles. The Kier molecular flexibility index (Phi) is 4.17. The maximum absolute atomic E-state index is 5.82. The molecular weight excluding hydrogens is 270 g/mol. The van der Waals surface area contributed by atoms with E-state index in [1.54, 1.807) is 7.11 Å². The van der Waals surface area contributed by atoms with E-state index >= 15 is 0 Å². The first-order chi connectivity index (χ1) is 10.3. The fraction of sp³-hybridized carbons (Fsp3) is 0.467. The highest BCUT2D eigenvalue weighted by Crippen LogP contribution is 2.26. The maximum atomic E-state index is 5.82. The molecule has 21 heavy (non-hydrogen) atoms. The molecule has 1 saturated heterocycles. The summed E-state index contributed by atoms with van der Waals surface area (Å²) in [6.07, 6.45) is 3.45. The SMILES string of the molecule is COc1ccc2ncnc(OC[C@@H]3CC[C@@H](N)CO3)c2c1. The zero-order chi connectivity index (χ0) is 14.7. The summed E-state index contributed by atoms with van der Waals surface area (Å²) in [5.74, 6) is 1.31. The smallest absolute Gasteiger partial charge is 0.224 e. The second-order valence-corrected chi connectivity index (χ2v) is 5.17. The van der Waals surface area contributed by atoms with Gasteiger partial charge in [-0.05, 0) is 31.0 Å². The van der Waals surface area contributed by atoms with E-state index < -0.39 is 0 Å². The van der Waals surface area contributed by atoms with Crippen molar-refractivity contribution in [2.24, 2.45) is 5.73 Å². The van der Waals surface area contributed by atoms with Crippen LogP contribution in [0.2, 0.25) is 0 Å². The molecule has 0 radical (unpaired) electrons. The number of hydrogen-bond donors (Lipinski definition) is 1. The fourth-order valence-electron chi connectivity index (χ4n) is 2.38. The predicted molar refractivity (Wildman–Crippen MR) is 78.5 cm³/mol. The first kappa shape index (κ1) is 14.0. The molecular formula is C15H19N3O3. The number of hydrogen-bond acceptors (Lipinski definition) is 6. The zero-order valence-electron chi connectivity index (χ0n) is 12.0. The number of rotatable bonds is 4. The molecule has 3 rings (SSSR count). The zero-order valence-corrected chi connectivity index (χ0v) is 12.0. The van der Waals surface area contributed by atoms with Crippen molar-refractivity contribution in [2.45, 2.75) is 25.0 Å². The third kappa shape index (κ3) is 3.22. The van der Waals surface area contributed by atoms with Gasteiger partial charge in [-0.25, -0.2) is 9.97 Å². The molecule has 0 bridgehead atoms. The number of ether oxygens (including phenoxy) is 3. The highest BCUT2D eigenvalue weighted by Gasteiger charge is 2.20. The Hall–Kier alpha value is -1.92. The van der Waals surface area contributed by atoms with Gasteiger partial charge in [-0.2, -0.15) is 0 Å². The molecule has 2 heterocycles. The highest BCUT2D eigenvalue weighted by molar-refractivity contribution is 5.84. The predicted octanol–water partition coefficient (Wildman–Crippen LogP) is 1.52. The molecule has 1 aliphatic rings. The van der Waals surface area contributed by atoms with Crippen molar-refractivity contribution in [3.8, 4) is 11.6 Å². The van der Waals surface area contributed by atoms with E-state index in [1.165, 1.54) is 6.33 Å². The summed E-state index contributed by atoms with van der Waals surface area (Å²) in [7, 11) is 1.63. The van der Waals surface area contributed by atoms with Gasteiger partial charge in [-0.3, -0.25) is 0 Å². The minimum Gasteiger partial charge on any atom is -0.497 e. The molecule has 1 fully saturated rings. The lowest BCUT2D eigenvalue weighted by Gasteiger charge is -2.26. The monoisotopic (exact) mass is 289 g/mol. The second-order valence-electron chi connectivity index (χ2n) is 5.17. The Labute approximate surface area is 123 Å². The lowest BCUT2D eigenvalue weighted by Crippen LogP contribution is -2.37. The molecule has 2 aromatic rings. The average molecular weight is 289 g/mol. The van der Waals surface area contributed by atoms with Crippen LogP contribution in [0.4, 0.5) is 0 Å². The van der Waals surface area contributed by atoms with E-state index in [4.69, 9.17) is 19.9 Å². The van der Waals surface area contributed by atoms with E-state index in [-0.39, 0.29) is 12.1 Å². The molecule has 0 saturated carbocycles. The van der Waals surface area contributed by atoms with Crippen LogP contribution < -0.4 is 15.2 Å². The van der Waals surface area contributed by atoms with Gasteiger partial charge in [0.2, 0.25) is 5.88 Å². The molecule has 112 valence electrons. The lowest BCUT2D eigenvalue weighted by atomic mass is 10.1. The van der Waals surface area contributed by atoms with Crippen LogP contribution in [0.5, 0.6) is 11.6 Å². The first-order valence-corrected chi connectivity index (χ1v) is 7.05. The Bertz CT molecular complexity index is 612. The molecule has 6 nitrogen and oxygen atoms in total. The molecule has 0 spiro atoms. The standard InChI is InChI=1S/C15H19N3O3/c1-19-11-4-5-14-13(6-11)15(18-9-17-14)21-8-12-3-2-10(16)7-20-12/h4-6,9-10,12H,2-3,7-8,16H2,1H3/t10-,12+/m1/s1. The average Bonchev–Trinajstić information content (AvgIpc) is 2.54. The number of nitrogens with two attached hydrogens (primary N) is 1. The van der Waals surface area contributed by atoms with Gasteiger partial charge in [-0.15, -0.1) is 0 Å². The van der Waals surface area contributed by atoms with Crippen molar-refractivity contribution in [1.29, 1.82) is 0 Å². The van der Waals surface area contributed by atoms with Crippen LogP contribution in [0.25, 0.3) is 10.9 Å². The summed E-state index contributed by atoms with van der Waals surface area (Å²) in [6, 6.07) is 5.77. The summed E-state index contributed by atoms with van der Waals surface area (Å²) in [6.45, 7) is 1.06. The minimum absolute atomic E-state index is 0.0698. The molecule has 0 amide bonds. The third-order valence-electron chi connectivity index (χ3n) is 3.62. The van der Waals surface area contributed by atoms with Crippen molar-refractivity contribution in [3.63, 3.8) is 0 Å². The van der Waals surface area contributed by atoms with E-state index in [0.29, 0.717) is 19.1 Å². The van der Waals surface area contributed by atoms with E-state index in [0.717, 1.165) is 29.5 Å². The number of nitrogens with zero attached hydrogens (tertiary/aromatic N) is 2. The Morgan fingerprint density at radius 1 is 1.33 bits per heavy atom. The summed E-state index contributed by atoms with van der Waals surface area (Å²) >= 11 is 0. The summed E-state index contributed by atoms with van der Waals surface area (Å²) in [5, 5.41) is 0.837. The highest BCUT2D eigenvalue weighted by atomic mass is 16.5. The fourth-order valence-corrected chi connectivity index (χ4v) is 2.38. The Morgan fingerprint density at radius 2 is 2.24 bits per heavy atom. The molecule has 0 aliphatic carbocycles. The van der Waals surface area contributed by atoms with E-state index in [9.17, 15) is 0 Å². The number of fused-ring (bicyclic) bond motifs is 1. The Morgan fingerprint density at radius 3 is 3.00 bits per heavy atom. The van der Waals surface area contributed by atoms with Crippen LogP contribution >= 0.6 is 0 Å². The van der Waals surface area contributed by atoms with Crippen molar-refractivity contribution in [1.82, 2.24) is 9.97 Å². The van der Waals surface area contributed by atoms with Crippen molar-refractivity contribution in [3.05, 3.63) is 24.5 Å². The molecule has 1 aromatic heterocycles. The first-order valence-electron chi connectivity index (χ1n) is 7.05.